The Kier molecular flexibility index (Phi) is 5.94. The van der Waals surface area contributed by atoms with Crippen LogP contribution in [0, 0.1) is 0 Å². The molecule has 0 fully saturated rings. The van der Waals surface area contributed by atoms with E-state index in [0.29, 0.717) is 16.1 Å². The van der Waals surface area contributed by atoms with Crippen molar-refractivity contribution in [2.24, 2.45) is 0 Å². The molecule has 0 unspecified atom stereocenters. The first-order valence-electron chi connectivity index (χ1n) is 9.05. The normalized spacial score (nSPS) is 11.2. The second-order valence-corrected chi connectivity index (χ2v) is 6.92. The SMILES string of the molecule is CCCCCCCc1ccc(-n2c(=O)oc3cc(Cl)ccc3c2=O)cc1. The van der Waals surface area contributed by atoms with Crippen molar-refractivity contribution >= 4 is 22.6 Å². The third kappa shape index (κ3) is 4.07. The van der Waals surface area contributed by atoms with Gasteiger partial charge in [0.1, 0.15) is 5.58 Å². The van der Waals surface area contributed by atoms with Gasteiger partial charge in [0, 0.05) is 11.1 Å². The van der Waals surface area contributed by atoms with E-state index >= 15 is 0 Å². The molecule has 1 heterocycles. The van der Waals surface area contributed by atoms with Gasteiger partial charge in [-0.1, -0.05) is 56.3 Å². The molecule has 0 N–H and O–H groups in total. The van der Waals surface area contributed by atoms with E-state index in [1.807, 2.05) is 12.1 Å². The monoisotopic (exact) mass is 371 g/mol. The van der Waals surface area contributed by atoms with Crippen LogP contribution >= 0.6 is 11.6 Å². The molecule has 136 valence electrons. The van der Waals surface area contributed by atoms with Crippen molar-refractivity contribution in [1.29, 1.82) is 0 Å². The Morgan fingerprint density at radius 2 is 1.69 bits per heavy atom. The molecule has 0 amide bonds. The van der Waals surface area contributed by atoms with Gasteiger partial charge < -0.3 is 4.42 Å². The lowest BCUT2D eigenvalue weighted by Gasteiger charge is -2.07. The van der Waals surface area contributed by atoms with Crippen LogP contribution in [0.25, 0.3) is 16.7 Å². The van der Waals surface area contributed by atoms with Crippen LogP contribution in [0.2, 0.25) is 5.02 Å². The highest BCUT2D eigenvalue weighted by Crippen LogP contribution is 2.16. The zero-order valence-corrected chi connectivity index (χ0v) is 15.6. The van der Waals surface area contributed by atoms with Gasteiger partial charge in [0.2, 0.25) is 0 Å². The minimum Gasteiger partial charge on any atom is -0.409 e. The average Bonchev–Trinajstić information content (AvgIpc) is 2.62. The van der Waals surface area contributed by atoms with E-state index < -0.39 is 11.3 Å². The molecular weight excluding hydrogens is 350 g/mol. The predicted molar refractivity (Wildman–Crippen MR) is 106 cm³/mol. The van der Waals surface area contributed by atoms with Gasteiger partial charge >= 0.3 is 5.76 Å². The second-order valence-electron chi connectivity index (χ2n) is 6.48. The van der Waals surface area contributed by atoms with E-state index in [2.05, 4.69) is 6.92 Å². The van der Waals surface area contributed by atoms with Gasteiger partial charge in [-0.25, -0.2) is 9.36 Å². The Morgan fingerprint density at radius 3 is 2.42 bits per heavy atom. The number of halogens is 1. The summed E-state index contributed by atoms with van der Waals surface area (Å²) in [5.41, 5.74) is 1.51. The Morgan fingerprint density at radius 1 is 0.962 bits per heavy atom. The highest BCUT2D eigenvalue weighted by atomic mass is 35.5. The minimum absolute atomic E-state index is 0.201. The van der Waals surface area contributed by atoms with Gasteiger partial charge in [0.15, 0.2) is 0 Å². The number of fused-ring (bicyclic) bond motifs is 1. The maximum atomic E-state index is 12.7. The minimum atomic E-state index is -0.711. The molecule has 3 aromatic rings. The number of unbranched alkanes of at least 4 members (excludes halogenated alkanes) is 4. The van der Waals surface area contributed by atoms with Crippen LogP contribution in [0.5, 0.6) is 0 Å². The van der Waals surface area contributed by atoms with Crippen LogP contribution in [0.1, 0.15) is 44.6 Å². The zero-order valence-electron chi connectivity index (χ0n) is 14.8. The van der Waals surface area contributed by atoms with Gasteiger partial charge in [-0.15, -0.1) is 0 Å². The summed E-state index contributed by atoms with van der Waals surface area (Å²) in [4.78, 5) is 25.0. The first-order valence-corrected chi connectivity index (χ1v) is 9.42. The summed E-state index contributed by atoms with van der Waals surface area (Å²) in [7, 11) is 0. The smallest absolute Gasteiger partial charge is 0.409 e. The van der Waals surface area contributed by atoms with Crippen molar-refractivity contribution in [2.75, 3.05) is 0 Å². The Hall–Kier alpha value is -2.33. The molecule has 0 saturated heterocycles. The fourth-order valence-corrected chi connectivity index (χ4v) is 3.23. The van der Waals surface area contributed by atoms with Crippen LogP contribution in [0.4, 0.5) is 0 Å². The fraction of sp³-hybridized carbons (Fsp3) is 0.333. The van der Waals surface area contributed by atoms with Crippen LogP contribution in [0.3, 0.4) is 0 Å². The van der Waals surface area contributed by atoms with Crippen molar-refractivity contribution in [3.63, 3.8) is 0 Å². The quantitative estimate of drug-likeness (QED) is 0.542. The number of hydrogen-bond donors (Lipinski definition) is 0. The summed E-state index contributed by atoms with van der Waals surface area (Å²) in [6.45, 7) is 2.21. The Balaban J connectivity index is 1.84. The van der Waals surface area contributed by atoms with Gasteiger partial charge in [-0.3, -0.25) is 4.79 Å². The van der Waals surface area contributed by atoms with Crippen LogP contribution < -0.4 is 11.3 Å². The number of benzene rings is 2. The molecule has 26 heavy (non-hydrogen) atoms. The van der Waals surface area contributed by atoms with Crippen LogP contribution in [-0.2, 0) is 6.42 Å². The molecule has 4 nitrogen and oxygen atoms in total. The summed E-state index contributed by atoms with van der Waals surface area (Å²) >= 11 is 5.90. The summed E-state index contributed by atoms with van der Waals surface area (Å²) in [6, 6.07) is 12.2. The topological polar surface area (TPSA) is 52.2 Å². The van der Waals surface area contributed by atoms with E-state index in [1.54, 1.807) is 24.3 Å². The third-order valence-corrected chi connectivity index (χ3v) is 4.76. The Bertz CT molecular complexity index is 1000. The molecule has 0 aliphatic heterocycles. The number of hydrogen-bond acceptors (Lipinski definition) is 3. The van der Waals surface area contributed by atoms with Crippen molar-refractivity contribution in [1.82, 2.24) is 4.57 Å². The number of aryl methyl sites for hydroxylation is 1. The first-order chi connectivity index (χ1) is 12.6. The summed E-state index contributed by atoms with van der Waals surface area (Å²) in [5.74, 6) is -0.711. The molecule has 0 aliphatic rings. The van der Waals surface area contributed by atoms with Crippen LogP contribution in [0.15, 0.2) is 56.5 Å². The molecule has 0 atom stereocenters. The summed E-state index contributed by atoms with van der Waals surface area (Å²) in [5, 5.41) is 0.745. The lowest BCUT2D eigenvalue weighted by atomic mass is 10.1. The van der Waals surface area contributed by atoms with Gasteiger partial charge in [-0.2, -0.15) is 0 Å². The molecule has 0 saturated carbocycles. The average molecular weight is 372 g/mol. The molecule has 1 aromatic heterocycles. The van der Waals surface area contributed by atoms with E-state index in [0.717, 1.165) is 17.4 Å². The molecule has 5 heteroatoms. The lowest BCUT2D eigenvalue weighted by Crippen LogP contribution is -2.30. The molecule has 0 aliphatic carbocycles. The van der Waals surface area contributed by atoms with Crippen molar-refractivity contribution in [3.8, 4) is 5.69 Å². The van der Waals surface area contributed by atoms with Crippen molar-refractivity contribution in [3.05, 3.63) is 74.0 Å². The zero-order chi connectivity index (χ0) is 18.5. The summed E-state index contributed by atoms with van der Waals surface area (Å²) < 4.78 is 6.32. The molecule has 3 rings (SSSR count). The van der Waals surface area contributed by atoms with Crippen molar-refractivity contribution < 1.29 is 4.42 Å². The largest absolute Gasteiger partial charge is 0.426 e. The number of aromatic nitrogens is 1. The van der Waals surface area contributed by atoms with Gasteiger partial charge in [-0.05, 0) is 42.7 Å². The molecular formula is C21H22ClNO3. The maximum Gasteiger partial charge on any atom is 0.426 e. The van der Waals surface area contributed by atoms with E-state index in [1.165, 1.54) is 37.3 Å². The van der Waals surface area contributed by atoms with Crippen LogP contribution in [-0.4, -0.2) is 4.57 Å². The standard InChI is InChI=1S/C21H22ClNO3/c1-2-3-4-5-6-7-15-8-11-17(12-9-15)23-20(24)18-13-10-16(22)14-19(18)26-21(23)25/h8-14H,2-7H2,1H3. The third-order valence-electron chi connectivity index (χ3n) is 4.52. The molecule has 0 radical (unpaired) electrons. The summed E-state index contributed by atoms with van der Waals surface area (Å²) in [6.07, 6.45) is 7.18. The molecule has 0 spiro atoms. The maximum absolute atomic E-state index is 12.7. The van der Waals surface area contributed by atoms with E-state index in [-0.39, 0.29) is 5.58 Å². The van der Waals surface area contributed by atoms with E-state index in [4.69, 9.17) is 16.0 Å². The highest BCUT2D eigenvalue weighted by Gasteiger charge is 2.11. The predicted octanol–water partition coefficient (Wildman–Crippen LogP) is 5.11. The first kappa shape index (κ1) is 18.5. The highest BCUT2D eigenvalue weighted by molar-refractivity contribution is 6.31. The number of nitrogens with zero attached hydrogens (tertiary/aromatic N) is 1. The molecule has 0 bridgehead atoms. The van der Waals surface area contributed by atoms with Crippen molar-refractivity contribution in [2.45, 2.75) is 45.4 Å². The second kappa shape index (κ2) is 8.37. The fourth-order valence-electron chi connectivity index (χ4n) is 3.07. The Labute approximate surface area is 157 Å². The lowest BCUT2D eigenvalue weighted by molar-refractivity contribution is 0.504. The van der Waals surface area contributed by atoms with Gasteiger partial charge in [0.05, 0.1) is 11.1 Å². The van der Waals surface area contributed by atoms with E-state index in [9.17, 15) is 9.59 Å². The number of rotatable bonds is 7. The van der Waals surface area contributed by atoms with Gasteiger partial charge in [0.25, 0.3) is 5.56 Å². The molecule has 2 aromatic carbocycles.